The first-order valence-corrected chi connectivity index (χ1v) is 6.11. The van der Waals surface area contributed by atoms with Crippen LogP contribution in [0.2, 0.25) is 0 Å². The predicted molar refractivity (Wildman–Crippen MR) is 73.4 cm³/mol. The Morgan fingerprint density at radius 3 is 2.75 bits per heavy atom. The third-order valence-electron chi connectivity index (χ3n) is 2.49. The van der Waals surface area contributed by atoms with Gasteiger partial charge in [0.05, 0.1) is 6.54 Å². The first-order valence-electron chi connectivity index (χ1n) is 6.11. The molecule has 0 saturated carbocycles. The molecule has 0 aliphatic carbocycles. The standard InChI is InChI=1S/C15H15NO4/c1-12(17)16(18)11-5-8-14-9-10-15(20-14)19-13-6-3-2-4-7-13/h2-10,18H,11H2,1H3/b8-5+. The number of hydrogen-bond acceptors (Lipinski definition) is 4. The van der Waals surface area contributed by atoms with Crippen molar-refractivity contribution in [1.29, 1.82) is 0 Å². The summed E-state index contributed by atoms with van der Waals surface area (Å²) in [5.74, 6) is 1.23. The number of rotatable bonds is 5. The van der Waals surface area contributed by atoms with E-state index in [4.69, 9.17) is 9.15 Å². The van der Waals surface area contributed by atoms with Crippen LogP contribution in [-0.4, -0.2) is 22.7 Å². The van der Waals surface area contributed by atoms with Crippen molar-refractivity contribution >= 4 is 12.0 Å². The van der Waals surface area contributed by atoms with Crippen molar-refractivity contribution in [2.24, 2.45) is 0 Å². The van der Waals surface area contributed by atoms with Gasteiger partial charge < -0.3 is 9.15 Å². The van der Waals surface area contributed by atoms with E-state index in [0.29, 0.717) is 22.5 Å². The smallest absolute Gasteiger partial charge is 0.290 e. The average molecular weight is 273 g/mol. The van der Waals surface area contributed by atoms with Crippen molar-refractivity contribution in [3.8, 4) is 11.7 Å². The fraction of sp³-hybridized carbons (Fsp3) is 0.133. The van der Waals surface area contributed by atoms with E-state index in [1.165, 1.54) is 6.92 Å². The lowest BCUT2D eigenvalue weighted by Gasteiger charge is -2.07. The maximum atomic E-state index is 10.8. The summed E-state index contributed by atoms with van der Waals surface area (Å²) in [7, 11) is 0. The molecule has 0 radical (unpaired) electrons. The monoisotopic (exact) mass is 273 g/mol. The number of furan rings is 1. The SMILES string of the molecule is CC(=O)N(O)C/C=C/c1ccc(Oc2ccccc2)o1. The van der Waals surface area contributed by atoms with Crippen LogP contribution in [0, 0.1) is 0 Å². The van der Waals surface area contributed by atoms with E-state index in [9.17, 15) is 10.0 Å². The molecule has 20 heavy (non-hydrogen) atoms. The number of para-hydroxylation sites is 1. The van der Waals surface area contributed by atoms with Gasteiger partial charge in [-0.3, -0.25) is 10.0 Å². The topological polar surface area (TPSA) is 62.9 Å². The van der Waals surface area contributed by atoms with Crippen LogP contribution in [0.1, 0.15) is 12.7 Å². The predicted octanol–water partition coefficient (Wildman–Crippen LogP) is 3.32. The molecule has 0 bridgehead atoms. The molecule has 5 nitrogen and oxygen atoms in total. The summed E-state index contributed by atoms with van der Waals surface area (Å²) in [5, 5.41) is 9.79. The molecule has 0 aliphatic heterocycles. The minimum Gasteiger partial charge on any atom is -0.426 e. The van der Waals surface area contributed by atoms with E-state index in [1.54, 1.807) is 24.3 Å². The minimum absolute atomic E-state index is 0.102. The summed E-state index contributed by atoms with van der Waals surface area (Å²) >= 11 is 0. The third-order valence-corrected chi connectivity index (χ3v) is 2.49. The van der Waals surface area contributed by atoms with Gasteiger partial charge in [-0.05, 0) is 24.3 Å². The van der Waals surface area contributed by atoms with E-state index in [1.807, 2.05) is 30.3 Å². The molecular weight excluding hydrogens is 258 g/mol. The van der Waals surface area contributed by atoms with Gasteiger partial charge in [0.15, 0.2) is 0 Å². The maximum absolute atomic E-state index is 10.8. The minimum atomic E-state index is -0.415. The van der Waals surface area contributed by atoms with Crippen LogP contribution in [0.25, 0.3) is 6.08 Å². The molecule has 0 aliphatic rings. The fourth-order valence-electron chi connectivity index (χ4n) is 1.48. The number of nitrogens with zero attached hydrogens (tertiary/aromatic N) is 1. The quantitative estimate of drug-likeness (QED) is 0.670. The molecule has 1 aromatic heterocycles. The number of hydrogen-bond donors (Lipinski definition) is 1. The molecule has 0 fully saturated rings. The Kier molecular flexibility index (Phi) is 4.57. The summed E-state index contributed by atoms with van der Waals surface area (Å²) in [6.45, 7) is 1.39. The van der Waals surface area contributed by atoms with Gasteiger partial charge in [-0.15, -0.1) is 0 Å². The molecular formula is C15H15NO4. The number of carbonyl (C=O) groups is 1. The van der Waals surface area contributed by atoms with Crippen molar-refractivity contribution in [3.63, 3.8) is 0 Å². The van der Waals surface area contributed by atoms with Gasteiger partial charge in [-0.2, -0.15) is 0 Å². The molecule has 2 rings (SSSR count). The second-order valence-electron chi connectivity index (χ2n) is 4.08. The number of benzene rings is 1. The highest BCUT2D eigenvalue weighted by Crippen LogP contribution is 2.23. The largest absolute Gasteiger partial charge is 0.426 e. The molecule has 2 aromatic rings. The van der Waals surface area contributed by atoms with Gasteiger partial charge in [-0.25, -0.2) is 5.06 Å². The Bertz CT molecular complexity index is 589. The summed E-state index contributed by atoms with van der Waals surface area (Å²) in [6.07, 6.45) is 3.27. The Hall–Kier alpha value is -2.53. The lowest BCUT2D eigenvalue weighted by Crippen LogP contribution is -2.24. The first-order chi connectivity index (χ1) is 9.65. The van der Waals surface area contributed by atoms with Crippen LogP contribution in [-0.2, 0) is 4.79 Å². The van der Waals surface area contributed by atoms with E-state index >= 15 is 0 Å². The van der Waals surface area contributed by atoms with E-state index < -0.39 is 5.91 Å². The van der Waals surface area contributed by atoms with E-state index in [-0.39, 0.29) is 6.54 Å². The molecule has 0 unspecified atom stereocenters. The van der Waals surface area contributed by atoms with Crippen LogP contribution in [0.15, 0.2) is 53.0 Å². The van der Waals surface area contributed by atoms with Crippen LogP contribution in [0.3, 0.4) is 0 Å². The van der Waals surface area contributed by atoms with Gasteiger partial charge in [0, 0.05) is 13.0 Å². The maximum Gasteiger partial charge on any atom is 0.290 e. The molecule has 1 amide bonds. The highest BCUT2D eigenvalue weighted by molar-refractivity contribution is 5.72. The highest BCUT2D eigenvalue weighted by Gasteiger charge is 2.03. The van der Waals surface area contributed by atoms with Crippen molar-refractivity contribution in [3.05, 3.63) is 54.3 Å². The second-order valence-corrected chi connectivity index (χ2v) is 4.08. The third kappa shape index (κ3) is 4.00. The van der Waals surface area contributed by atoms with Crippen molar-refractivity contribution in [2.75, 3.05) is 6.54 Å². The Balaban J connectivity index is 1.92. The van der Waals surface area contributed by atoms with Crippen molar-refractivity contribution in [1.82, 2.24) is 5.06 Å². The second kappa shape index (κ2) is 6.58. The fourth-order valence-corrected chi connectivity index (χ4v) is 1.48. The molecule has 1 aromatic carbocycles. The summed E-state index contributed by atoms with van der Waals surface area (Å²) < 4.78 is 10.9. The van der Waals surface area contributed by atoms with Gasteiger partial charge in [0.1, 0.15) is 11.5 Å². The van der Waals surface area contributed by atoms with Crippen LogP contribution >= 0.6 is 0 Å². The van der Waals surface area contributed by atoms with Gasteiger partial charge in [0.25, 0.3) is 5.95 Å². The summed E-state index contributed by atoms with van der Waals surface area (Å²) in [6, 6.07) is 12.7. The number of ether oxygens (including phenoxy) is 1. The average Bonchev–Trinajstić information content (AvgIpc) is 2.87. The summed E-state index contributed by atoms with van der Waals surface area (Å²) in [5.41, 5.74) is 0. The Morgan fingerprint density at radius 1 is 1.30 bits per heavy atom. The van der Waals surface area contributed by atoms with Gasteiger partial charge in [0.2, 0.25) is 5.91 Å². The molecule has 0 saturated heterocycles. The number of hydroxylamine groups is 2. The molecule has 1 N–H and O–H groups in total. The molecule has 0 atom stereocenters. The van der Waals surface area contributed by atoms with E-state index in [2.05, 4.69) is 0 Å². The van der Waals surface area contributed by atoms with Crippen LogP contribution in [0.4, 0.5) is 0 Å². The molecule has 104 valence electrons. The van der Waals surface area contributed by atoms with Crippen LogP contribution in [0.5, 0.6) is 11.7 Å². The van der Waals surface area contributed by atoms with Crippen molar-refractivity contribution < 1.29 is 19.2 Å². The molecule has 1 heterocycles. The number of amides is 1. The molecule has 0 spiro atoms. The van der Waals surface area contributed by atoms with Gasteiger partial charge >= 0.3 is 0 Å². The van der Waals surface area contributed by atoms with E-state index in [0.717, 1.165) is 0 Å². The Labute approximate surface area is 116 Å². The first kappa shape index (κ1) is 13.9. The lowest BCUT2D eigenvalue weighted by atomic mass is 10.3. The van der Waals surface area contributed by atoms with Crippen LogP contribution < -0.4 is 4.74 Å². The zero-order valence-corrected chi connectivity index (χ0v) is 11.0. The number of carbonyl (C=O) groups excluding carboxylic acids is 1. The highest BCUT2D eigenvalue weighted by atomic mass is 16.6. The molecule has 5 heteroatoms. The lowest BCUT2D eigenvalue weighted by molar-refractivity contribution is -0.160. The van der Waals surface area contributed by atoms with Crippen molar-refractivity contribution in [2.45, 2.75) is 6.92 Å². The Morgan fingerprint density at radius 2 is 2.05 bits per heavy atom. The van der Waals surface area contributed by atoms with Gasteiger partial charge in [-0.1, -0.05) is 24.3 Å². The summed E-state index contributed by atoms with van der Waals surface area (Å²) in [4.78, 5) is 10.8. The zero-order valence-electron chi connectivity index (χ0n) is 11.0. The normalized spacial score (nSPS) is 10.7. The zero-order chi connectivity index (χ0) is 14.4.